The van der Waals surface area contributed by atoms with Gasteiger partial charge in [-0.25, -0.2) is 0 Å². The summed E-state index contributed by atoms with van der Waals surface area (Å²) in [6.45, 7) is 4.65. The van der Waals surface area contributed by atoms with Crippen LogP contribution in [0.15, 0.2) is 42.5 Å². The molecule has 0 aliphatic carbocycles. The van der Waals surface area contributed by atoms with Crippen LogP contribution in [0.25, 0.3) is 0 Å². The summed E-state index contributed by atoms with van der Waals surface area (Å²) < 4.78 is 0. The van der Waals surface area contributed by atoms with Crippen LogP contribution < -0.4 is 15.1 Å². The summed E-state index contributed by atoms with van der Waals surface area (Å²) >= 11 is 0. The Bertz CT molecular complexity index is 985. The third-order valence-electron chi connectivity index (χ3n) is 5.80. The number of aryl methyl sites for hydroxylation is 1. The predicted molar refractivity (Wildman–Crippen MR) is 113 cm³/mol. The van der Waals surface area contributed by atoms with Gasteiger partial charge in [0.25, 0.3) is 0 Å². The van der Waals surface area contributed by atoms with Crippen molar-refractivity contribution < 1.29 is 14.4 Å². The maximum absolute atomic E-state index is 12.8. The Morgan fingerprint density at radius 3 is 2.72 bits per heavy atom. The second-order valence-corrected chi connectivity index (χ2v) is 7.64. The fraction of sp³-hybridized carbons (Fsp3) is 0.348. The van der Waals surface area contributed by atoms with Crippen molar-refractivity contribution in [1.29, 1.82) is 0 Å². The number of hydrogen-bond donors (Lipinski definition) is 1. The number of hydrogen-bond acceptors (Lipinski definition) is 3. The zero-order chi connectivity index (χ0) is 20.5. The van der Waals surface area contributed by atoms with Crippen LogP contribution in [0.4, 0.5) is 17.1 Å². The van der Waals surface area contributed by atoms with Gasteiger partial charge < -0.3 is 15.1 Å². The lowest BCUT2D eigenvalue weighted by Crippen LogP contribution is -2.28. The first-order valence-corrected chi connectivity index (χ1v) is 10.1. The van der Waals surface area contributed by atoms with Gasteiger partial charge in [-0.2, -0.15) is 0 Å². The molecule has 0 bridgehead atoms. The number of anilines is 3. The van der Waals surface area contributed by atoms with Crippen LogP contribution in [0.2, 0.25) is 0 Å². The summed E-state index contributed by atoms with van der Waals surface area (Å²) in [4.78, 5) is 40.6. The molecule has 0 radical (unpaired) electrons. The van der Waals surface area contributed by atoms with Gasteiger partial charge in [0, 0.05) is 43.5 Å². The first-order valence-electron chi connectivity index (χ1n) is 10.1. The highest BCUT2D eigenvalue weighted by molar-refractivity contribution is 6.04. The molecule has 0 spiro atoms. The molecule has 0 aromatic heterocycles. The number of rotatable bonds is 4. The Hall–Kier alpha value is -3.15. The number of para-hydroxylation sites is 1. The molecule has 1 N–H and O–H groups in total. The van der Waals surface area contributed by atoms with Crippen molar-refractivity contribution in [1.82, 2.24) is 0 Å². The number of carbonyl (C=O) groups excluding carboxylic acids is 3. The summed E-state index contributed by atoms with van der Waals surface area (Å²) in [7, 11) is 0. The zero-order valence-corrected chi connectivity index (χ0v) is 16.8. The average molecular weight is 391 g/mol. The molecule has 2 aromatic rings. The van der Waals surface area contributed by atoms with Gasteiger partial charge in [0.2, 0.25) is 17.7 Å². The van der Waals surface area contributed by atoms with Crippen LogP contribution in [-0.4, -0.2) is 30.8 Å². The Balaban J connectivity index is 1.48. The van der Waals surface area contributed by atoms with E-state index >= 15 is 0 Å². The largest absolute Gasteiger partial charge is 0.326 e. The molecule has 6 nitrogen and oxygen atoms in total. The van der Waals surface area contributed by atoms with E-state index in [1.165, 1.54) is 0 Å². The molecule has 3 amide bonds. The minimum atomic E-state index is -0.380. The van der Waals surface area contributed by atoms with Gasteiger partial charge in [-0.05, 0) is 48.2 Å². The monoisotopic (exact) mass is 391 g/mol. The van der Waals surface area contributed by atoms with Crippen LogP contribution in [0.1, 0.15) is 31.4 Å². The van der Waals surface area contributed by atoms with Gasteiger partial charge in [0.15, 0.2) is 0 Å². The van der Waals surface area contributed by atoms with E-state index in [1.807, 2.05) is 49.4 Å². The highest BCUT2D eigenvalue weighted by Crippen LogP contribution is 2.34. The number of fused-ring (bicyclic) bond motifs is 1. The first kappa shape index (κ1) is 19.2. The van der Waals surface area contributed by atoms with E-state index in [9.17, 15) is 14.4 Å². The van der Waals surface area contributed by atoms with E-state index in [0.29, 0.717) is 13.1 Å². The molecule has 0 saturated carbocycles. The molecule has 1 atom stereocenters. The summed E-state index contributed by atoms with van der Waals surface area (Å²) in [5.41, 5.74) is 4.67. The molecule has 2 aliphatic rings. The van der Waals surface area contributed by atoms with Crippen LogP contribution in [0.3, 0.4) is 0 Å². The molecule has 29 heavy (non-hydrogen) atoms. The average Bonchev–Trinajstić information content (AvgIpc) is 3.31. The first-order chi connectivity index (χ1) is 14.0. The number of carbonyl (C=O) groups is 3. The summed E-state index contributed by atoms with van der Waals surface area (Å²) in [6.07, 6.45) is 1.82. The molecule has 0 unspecified atom stereocenters. The molecular weight excluding hydrogens is 366 g/mol. The fourth-order valence-electron chi connectivity index (χ4n) is 4.20. The SMILES string of the molecule is CCc1ccccc1NC(=O)[C@@H]1CC(=O)N(c2ccc3c(c2)CCN3C(C)=O)C1. The lowest BCUT2D eigenvalue weighted by Gasteiger charge is -2.19. The highest BCUT2D eigenvalue weighted by atomic mass is 16.2. The van der Waals surface area contributed by atoms with Crippen LogP contribution in [-0.2, 0) is 27.2 Å². The van der Waals surface area contributed by atoms with Gasteiger partial charge >= 0.3 is 0 Å². The second-order valence-electron chi connectivity index (χ2n) is 7.64. The second kappa shape index (κ2) is 7.70. The maximum atomic E-state index is 12.8. The van der Waals surface area contributed by atoms with Crippen LogP contribution >= 0.6 is 0 Å². The summed E-state index contributed by atoms with van der Waals surface area (Å²) in [5.74, 6) is -0.520. The third kappa shape index (κ3) is 3.62. The van der Waals surface area contributed by atoms with Crippen molar-refractivity contribution in [2.24, 2.45) is 5.92 Å². The molecule has 1 fully saturated rings. The van der Waals surface area contributed by atoms with Gasteiger partial charge in [-0.3, -0.25) is 14.4 Å². The Kier molecular flexibility index (Phi) is 5.09. The lowest BCUT2D eigenvalue weighted by atomic mass is 10.1. The van der Waals surface area contributed by atoms with E-state index in [-0.39, 0.29) is 30.1 Å². The van der Waals surface area contributed by atoms with Crippen molar-refractivity contribution in [2.75, 3.05) is 28.2 Å². The van der Waals surface area contributed by atoms with Crippen molar-refractivity contribution >= 4 is 34.8 Å². The Morgan fingerprint density at radius 1 is 1.17 bits per heavy atom. The number of nitrogens with one attached hydrogen (secondary N) is 1. The quantitative estimate of drug-likeness (QED) is 0.870. The zero-order valence-electron chi connectivity index (χ0n) is 16.8. The van der Waals surface area contributed by atoms with E-state index in [0.717, 1.165) is 41.0 Å². The van der Waals surface area contributed by atoms with Crippen molar-refractivity contribution in [3.05, 3.63) is 53.6 Å². The van der Waals surface area contributed by atoms with Crippen molar-refractivity contribution in [3.63, 3.8) is 0 Å². The molecule has 1 saturated heterocycles. The topological polar surface area (TPSA) is 69.7 Å². The van der Waals surface area contributed by atoms with Crippen LogP contribution in [0, 0.1) is 5.92 Å². The molecule has 2 aliphatic heterocycles. The minimum absolute atomic E-state index is 0.0258. The number of benzene rings is 2. The molecular formula is C23H25N3O3. The van der Waals surface area contributed by atoms with E-state index in [1.54, 1.807) is 16.7 Å². The van der Waals surface area contributed by atoms with Gasteiger partial charge in [-0.1, -0.05) is 25.1 Å². The predicted octanol–water partition coefficient (Wildman–Crippen LogP) is 3.15. The lowest BCUT2D eigenvalue weighted by molar-refractivity contribution is -0.122. The fourth-order valence-corrected chi connectivity index (χ4v) is 4.20. The molecule has 2 aromatic carbocycles. The van der Waals surface area contributed by atoms with E-state index in [4.69, 9.17) is 0 Å². The maximum Gasteiger partial charge on any atom is 0.229 e. The van der Waals surface area contributed by atoms with Gasteiger partial charge in [-0.15, -0.1) is 0 Å². The third-order valence-corrected chi connectivity index (χ3v) is 5.80. The van der Waals surface area contributed by atoms with Gasteiger partial charge in [0.05, 0.1) is 5.92 Å². The van der Waals surface area contributed by atoms with Crippen LogP contribution in [0.5, 0.6) is 0 Å². The smallest absolute Gasteiger partial charge is 0.229 e. The van der Waals surface area contributed by atoms with E-state index in [2.05, 4.69) is 5.32 Å². The normalized spacial score (nSPS) is 18.1. The number of amides is 3. The molecule has 2 heterocycles. The minimum Gasteiger partial charge on any atom is -0.326 e. The van der Waals surface area contributed by atoms with Crippen molar-refractivity contribution in [2.45, 2.75) is 33.1 Å². The standard InChI is InChI=1S/C23H25N3O3/c1-3-16-6-4-5-7-20(16)24-23(29)18-13-22(28)26(14-18)19-8-9-21-17(12-19)10-11-25(21)15(2)27/h4-9,12,18H,3,10-11,13-14H2,1-2H3,(H,24,29)/t18-/m1/s1. The summed E-state index contributed by atoms with van der Waals surface area (Å²) in [6, 6.07) is 13.5. The number of nitrogens with zero attached hydrogens (tertiary/aromatic N) is 2. The highest BCUT2D eigenvalue weighted by Gasteiger charge is 2.36. The van der Waals surface area contributed by atoms with E-state index < -0.39 is 0 Å². The molecule has 4 rings (SSSR count). The molecule has 150 valence electrons. The Labute approximate surface area is 170 Å². The summed E-state index contributed by atoms with van der Waals surface area (Å²) in [5, 5.41) is 2.99. The van der Waals surface area contributed by atoms with Crippen molar-refractivity contribution in [3.8, 4) is 0 Å². The molecule has 6 heteroatoms. The Morgan fingerprint density at radius 2 is 1.97 bits per heavy atom. The van der Waals surface area contributed by atoms with Gasteiger partial charge in [0.1, 0.15) is 0 Å².